The summed E-state index contributed by atoms with van der Waals surface area (Å²) in [7, 11) is 0. The standard InChI is InChI=1S/C3H5NO.C3H6O3/c1-2-3(4)5;1-2-3(4)6-5/h2H,1H2,(H2,4,5);5H,2H2,1H3. The second kappa shape index (κ2) is 8.64. The Morgan fingerprint density at radius 3 is 2.09 bits per heavy atom. The summed E-state index contributed by atoms with van der Waals surface area (Å²) >= 11 is 0. The van der Waals surface area contributed by atoms with Gasteiger partial charge >= 0.3 is 5.97 Å². The lowest BCUT2D eigenvalue weighted by Gasteiger charge is -1.83. The smallest absolute Gasteiger partial charge is 0.341 e. The minimum atomic E-state index is -0.602. The molecule has 0 radical (unpaired) electrons. The Hall–Kier alpha value is -1.36. The highest BCUT2D eigenvalue weighted by Crippen LogP contribution is 1.75. The molecule has 0 aromatic heterocycles. The lowest BCUT2D eigenvalue weighted by molar-refractivity contribution is -0.233. The van der Waals surface area contributed by atoms with E-state index in [9.17, 15) is 9.59 Å². The molecule has 0 atom stereocenters. The molecule has 0 aromatic rings. The molecule has 0 saturated carbocycles. The van der Waals surface area contributed by atoms with E-state index in [0.717, 1.165) is 6.08 Å². The molecule has 0 saturated heterocycles. The summed E-state index contributed by atoms with van der Waals surface area (Å²) in [5.74, 6) is -1.08. The first-order chi connectivity index (χ1) is 5.08. The molecular formula is C6H11NO4. The Labute approximate surface area is 64.4 Å². The van der Waals surface area contributed by atoms with E-state index in [0.29, 0.717) is 0 Å². The number of nitrogens with two attached hydrogens (primary N) is 1. The highest BCUT2D eigenvalue weighted by atomic mass is 17.1. The molecule has 5 nitrogen and oxygen atoms in total. The molecule has 0 aliphatic rings. The molecule has 11 heavy (non-hydrogen) atoms. The fraction of sp³-hybridized carbons (Fsp3) is 0.333. The van der Waals surface area contributed by atoms with Crippen LogP contribution in [0.5, 0.6) is 0 Å². The summed E-state index contributed by atoms with van der Waals surface area (Å²) < 4.78 is 0. The summed E-state index contributed by atoms with van der Waals surface area (Å²) in [5, 5.41) is 7.49. The number of hydrogen-bond acceptors (Lipinski definition) is 4. The fourth-order valence-corrected chi connectivity index (χ4v) is 0.0645. The summed E-state index contributed by atoms with van der Waals surface area (Å²) in [6.07, 6.45) is 1.27. The first-order valence-corrected chi connectivity index (χ1v) is 2.84. The van der Waals surface area contributed by atoms with E-state index in [1.54, 1.807) is 6.92 Å². The molecule has 0 aromatic carbocycles. The first-order valence-electron chi connectivity index (χ1n) is 2.84. The van der Waals surface area contributed by atoms with E-state index in [1.807, 2.05) is 0 Å². The average molecular weight is 161 g/mol. The lowest BCUT2D eigenvalue weighted by Crippen LogP contribution is -2.04. The van der Waals surface area contributed by atoms with Crippen molar-refractivity contribution in [2.75, 3.05) is 0 Å². The van der Waals surface area contributed by atoms with Crippen molar-refractivity contribution in [1.29, 1.82) is 0 Å². The second-order valence-electron chi connectivity index (χ2n) is 1.42. The van der Waals surface area contributed by atoms with Crippen molar-refractivity contribution in [3.05, 3.63) is 12.7 Å². The van der Waals surface area contributed by atoms with Gasteiger partial charge in [0.05, 0.1) is 0 Å². The maximum absolute atomic E-state index is 9.71. The molecule has 1 amide bonds. The van der Waals surface area contributed by atoms with Gasteiger partial charge in [-0.2, -0.15) is 5.26 Å². The molecule has 0 spiro atoms. The van der Waals surface area contributed by atoms with Crippen LogP contribution in [-0.2, 0) is 14.5 Å². The van der Waals surface area contributed by atoms with Crippen molar-refractivity contribution in [2.45, 2.75) is 13.3 Å². The summed E-state index contributed by atoms with van der Waals surface area (Å²) in [6, 6.07) is 0. The molecule has 0 heterocycles. The molecule has 0 aliphatic carbocycles. The van der Waals surface area contributed by atoms with Gasteiger partial charge in [0.2, 0.25) is 5.91 Å². The third kappa shape index (κ3) is 17.7. The van der Waals surface area contributed by atoms with Gasteiger partial charge in [-0.25, -0.2) is 4.79 Å². The predicted molar refractivity (Wildman–Crippen MR) is 38.4 cm³/mol. The summed E-state index contributed by atoms with van der Waals surface area (Å²) in [4.78, 5) is 22.4. The zero-order chi connectivity index (χ0) is 9.28. The predicted octanol–water partition coefficient (Wildman–Crippen LogP) is 0.0703. The molecule has 3 N–H and O–H groups in total. The van der Waals surface area contributed by atoms with E-state index in [4.69, 9.17) is 5.26 Å². The van der Waals surface area contributed by atoms with Crippen molar-refractivity contribution in [3.8, 4) is 0 Å². The largest absolute Gasteiger partial charge is 0.366 e. The monoisotopic (exact) mass is 161 g/mol. The Morgan fingerprint density at radius 2 is 2.09 bits per heavy atom. The second-order valence-corrected chi connectivity index (χ2v) is 1.42. The van der Waals surface area contributed by atoms with Crippen LogP contribution in [0.3, 0.4) is 0 Å². The molecule has 0 rings (SSSR count). The number of rotatable bonds is 2. The summed E-state index contributed by atoms with van der Waals surface area (Å²) in [5.41, 5.74) is 4.53. The Morgan fingerprint density at radius 1 is 1.73 bits per heavy atom. The van der Waals surface area contributed by atoms with Gasteiger partial charge in [0, 0.05) is 6.42 Å². The normalized spacial score (nSPS) is 7.09. The fourth-order valence-electron chi connectivity index (χ4n) is 0.0645. The number of carbonyl (C=O) groups is 2. The van der Waals surface area contributed by atoms with Crippen molar-refractivity contribution in [2.24, 2.45) is 5.73 Å². The van der Waals surface area contributed by atoms with Crippen LogP contribution in [-0.4, -0.2) is 17.1 Å². The van der Waals surface area contributed by atoms with Crippen LogP contribution in [0.2, 0.25) is 0 Å². The number of hydrogen-bond donors (Lipinski definition) is 2. The molecule has 64 valence electrons. The SMILES string of the molecule is C=CC(N)=O.CCC(=O)OO. The van der Waals surface area contributed by atoms with Crippen molar-refractivity contribution >= 4 is 11.9 Å². The van der Waals surface area contributed by atoms with Crippen molar-refractivity contribution in [3.63, 3.8) is 0 Å². The van der Waals surface area contributed by atoms with Gasteiger partial charge in [-0.1, -0.05) is 13.5 Å². The van der Waals surface area contributed by atoms with E-state index in [-0.39, 0.29) is 6.42 Å². The average Bonchev–Trinajstić information content (AvgIpc) is 2.04. The van der Waals surface area contributed by atoms with E-state index in [1.165, 1.54) is 0 Å². The van der Waals surface area contributed by atoms with E-state index < -0.39 is 11.9 Å². The van der Waals surface area contributed by atoms with Crippen LogP contribution >= 0.6 is 0 Å². The topological polar surface area (TPSA) is 89.6 Å². The van der Waals surface area contributed by atoms with Gasteiger partial charge in [-0.3, -0.25) is 4.79 Å². The molecule has 5 heteroatoms. The Balaban J connectivity index is 0. The van der Waals surface area contributed by atoms with Gasteiger partial charge in [-0.15, -0.1) is 0 Å². The van der Waals surface area contributed by atoms with E-state index >= 15 is 0 Å². The number of primary amides is 1. The van der Waals surface area contributed by atoms with Crippen LogP contribution in [0.15, 0.2) is 12.7 Å². The van der Waals surface area contributed by atoms with Crippen molar-refractivity contribution < 1.29 is 19.7 Å². The van der Waals surface area contributed by atoms with Crippen LogP contribution in [0.4, 0.5) is 0 Å². The zero-order valence-corrected chi connectivity index (χ0v) is 6.24. The maximum atomic E-state index is 9.71. The minimum Gasteiger partial charge on any atom is -0.366 e. The number of carbonyl (C=O) groups excluding carboxylic acids is 2. The maximum Gasteiger partial charge on any atom is 0.341 e. The molecule has 0 aliphatic heterocycles. The lowest BCUT2D eigenvalue weighted by atomic mass is 10.5. The van der Waals surface area contributed by atoms with Gasteiger partial charge in [0.1, 0.15) is 0 Å². The first kappa shape index (κ1) is 12.3. The third-order valence-electron chi connectivity index (χ3n) is 0.592. The van der Waals surface area contributed by atoms with Gasteiger partial charge < -0.3 is 10.6 Å². The van der Waals surface area contributed by atoms with Crippen LogP contribution in [0.25, 0.3) is 0 Å². The highest BCUT2D eigenvalue weighted by Gasteiger charge is 1.90. The summed E-state index contributed by atoms with van der Waals surface area (Å²) in [6.45, 7) is 4.68. The molecular weight excluding hydrogens is 150 g/mol. The zero-order valence-electron chi connectivity index (χ0n) is 6.24. The van der Waals surface area contributed by atoms with Gasteiger partial charge in [0.15, 0.2) is 0 Å². The van der Waals surface area contributed by atoms with Gasteiger partial charge in [-0.05, 0) is 6.08 Å². The highest BCUT2D eigenvalue weighted by molar-refractivity contribution is 5.84. The minimum absolute atomic E-state index is 0.219. The van der Waals surface area contributed by atoms with Crippen LogP contribution in [0, 0.1) is 0 Å². The van der Waals surface area contributed by atoms with Gasteiger partial charge in [0.25, 0.3) is 0 Å². The molecule has 0 bridgehead atoms. The quantitative estimate of drug-likeness (QED) is 0.340. The molecule has 0 unspecified atom stereocenters. The van der Waals surface area contributed by atoms with Crippen LogP contribution in [0.1, 0.15) is 13.3 Å². The number of amides is 1. The van der Waals surface area contributed by atoms with Crippen LogP contribution < -0.4 is 5.73 Å². The Kier molecular flexibility index (Phi) is 9.68. The Bertz CT molecular complexity index is 138. The van der Waals surface area contributed by atoms with E-state index in [2.05, 4.69) is 17.2 Å². The van der Waals surface area contributed by atoms with Crippen molar-refractivity contribution in [1.82, 2.24) is 0 Å². The third-order valence-corrected chi connectivity index (χ3v) is 0.592. The molecule has 0 fully saturated rings.